The number of benzene rings is 1. The molecule has 0 aliphatic heterocycles. The Hall–Kier alpha value is -0.170. The van der Waals surface area contributed by atoms with Crippen molar-refractivity contribution in [3.05, 3.63) is 24.3 Å². The first kappa shape index (κ1) is 8.92. The maximum atomic E-state index is 11.0. The van der Waals surface area contributed by atoms with E-state index in [0.29, 0.717) is 0 Å². The van der Waals surface area contributed by atoms with Gasteiger partial charge in [0.05, 0.1) is 5.30 Å². The van der Waals surface area contributed by atoms with Gasteiger partial charge in [-0.1, -0.05) is 12.1 Å². The molecule has 0 fully saturated rings. The Morgan fingerprint density at radius 3 is 2.18 bits per heavy atom. The van der Waals surface area contributed by atoms with Crippen molar-refractivity contribution in [1.82, 2.24) is 0 Å². The number of hydrogen-bond donors (Lipinski definition) is 1. The molecular formula is C6H5Cl2O2P. The van der Waals surface area contributed by atoms with Gasteiger partial charge in [-0.05, 0) is 34.6 Å². The van der Waals surface area contributed by atoms with E-state index in [9.17, 15) is 4.57 Å². The third-order valence-electron chi connectivity index (χ3n) is 1.16. The first-order valence-corrected chi connectivity index (χ1v) is 6.31. The largest absolute Gasteiger partial charge is 0.507 e. The van der Waals surface area contributed by atoms with E-state index in [1.165, 1.54) is 12.1 Å². The molecule has 5 heteroatoms. The Bertz CT molecular complexity index is 307. The zero-order valence-electron chi connectivity index (χ0n) is 5.37. The van der Waals surface area contributed by atoms with Gasteiger partial charge in [-0.15, -0.1) is 0 Å². The van der Waals surface area contributed by atoms with Gasteiger partial charge in [0, 0.05) is 0 Å². The van der Waals surface area contributed by atoms with Gasteiger partial charge in [-0.25, -0.2) is 0 Å². The van der Waals surface area contributed by atoms with Crippen molar-refractivity contribution in [2.45, 2.75) is 0 Å². The summed E-state index contributed by atoms with van der Waals surface area (Å²) in [4.78, 5) is 0. The van der Waals surface area contributed by atoms with Crippen molar-refractivity contribution in [1.29, 1.82) is 0 Å². The summed E-state index contributed by atoms with van der Waals surface area (Å²) in [5, 5.41) is 9.19. The van der Waals surface area contributed by atoms with Crippen LogP contribution in [-0.4, -0.2) is 5.11 Å². The lowest BCUT2D eigenvalue weighted by Gasteiger charge is -2.02. The molecule has 0 saturated heterocycles. The van der Waals surface area contributed by atoms with Crippen molar-refractivity contribution < 1.29 is 9.67 Å². The molecule has 0 heterocycles. The van der Waals surface area contributed by atoms with Crippen LogP contribution in [0.3, 0.4) is 0 Å². The van der Waals surface area contributed by atoms with Crippen LogP contribution in [0, 0.1) is 0 Å². The molecule has 0 spiro atoms. The van der Waals surface area contributed by atoms with Crippen molar-refractivity contribution in [2.24, 2.45) is 0 Å². The van der Waals surface area contributed by atoms with Gasteiger partial charge in [-0.3, -0.25) is 4.57 Å². The van der Waals surface area contributed by atoms with Gasteiger partial charge in [0.2, 0.25) is 0 Å². The fourth-order valence-corrected chi connectivity index (χ4v) is 2.14. The van der Waals surface area contributed by atoms with E-state index in [0.717, 1.165) is 0 Å². The van der Waals surface area contributed by atoms with Crippen LogP contribution in [-0.2, 0) is 4.57 Å². The van der Waals surface area contributed by atoms with Crippen molar-refractivity contribution in [3.63, 3.8) is 0 Å². The van der Waals surface area contributed by atoms with Crippen molar-refractivity contribution >= 4 is 33.6 Å². The second-order valence-electron chi connectivity index (χ2n) is 1.95. The standard InChI is InChI=1S/C6H5Cl2O2P/c7-11(8,10)6-4-2-1-3-5(6)9/h1-4,9H. The predicted molar refractivity (Wildman–Crippen MR) is 47.1 cm³/mol. The summed E-state index contributed by atoms with van der Waals surface area (Å²) in [5.74, 6) is -3.50. The van der Waals surface area contributed by atoms with Crippen molar-refractivity contribution in [3.8, 4) is 5.75 Å². The Kier molecular flexibility index (Phi) is 2.48. The fraction of sp³-hybridized carbons (Fsp3) is 0. The monoisotopic (exact) mass is 210 g/mol. The molecule has 60 valence electrons. The molecule has 1 rings (SSSR count). The average molecular weight is 211 g/mol. The van der Waals surface area contributed by atoms with Crippen LogP contribution in [0.5, 0.6) is 5.75 Å². The molecule has 1 aromatic rings. The molecule has 2 nitrogen and oxygen atoms in total. The third-order valence-corrected chi connectivity index (χ3v) is 3.19. The quantitative estimate of drug-likeness (QED) is 0.725. The lowest BCUT2D eigenvalue weighted by molar-refractivity contribution is 0.479. The smallest absolute Gasteiger partial charge is 0.285 e. The number of hydrogen-bond acceptors (Lipinski definition) is 2. The summed E-state index contributed by atoms with van der Waals surface area (Å²) >= 11 is 10.6. The van der Waals surface area contributed by atoms with Crippen LogP contribution in [0.4, 0.5) is 0 Å². The first-order chi connectivity index (χ1) is 5.02. The molecule has 0 aliphatic rings. The topological polar surface area (TPSA) is 37.3 Å². The molecule has 0 aliphatic carbocycles. The highest BCUT2D eigenvalue weighted by molar-refractivity contribution is 8.13. The average Bonchev–Trinajstić information content (AvgIpc) is 1.86. The van der Waals surface area contributed by atoms with Gasteiger partial charge in [0.25, 0.3) is 5.85 Å². The van der Waals surface area contributed by atoms with E-state index >= 15 is 0 Å². The second kappa shape index (κ2) is 3.06. The highest BCUT2D eigenvalue weighted by Crippen LogP contribution is 2.56. The van der Waals surface area contributed by atoms with Crippen LogP contribution in [0.2, 0.25) is 0 Å². The van der Waals surface area contributed by atoms with Gasteiger partial charge in [0.15, 0.2) is 0 Å². The lowest BCUT2D eigenvalue weighted by atomic mass is 10.3. The van der Waals surface area contributed by atoms with E-state index in [2.05, 4.69) is 0 Å². The lowest BCUT2D eigenvalue weighted by Crippen LogP contribution is -1.96. The molecule has 0 amide bonds. The molecule has 0 bridgehead atoms. The number of para-hydroxylation sites is 1. The second-order valence-corrected chi connectivity index (χ2v) is 6.73. The fourth-order valence-electron chi connectivity index (χ4n) is 0.684. The third kappa shape index (κ3) is 2.13. The Morgan fingerprint density at radius 2 is 1.82 bits per heavy atom. The van der Waals surface area contributed by atoms with E-state index in [1.54, 1.807) is 12.1 Å². The summed E-state index contributed by atoms with van der Waals surface area (Å²) in [6, 6.07) is 6.01. The van der Waals surface area contributed by atoms with Gasteiger partial charge < -0.3 is 5.11 Å². The number of aromatic hydroxyl groups is 1. The zero-order valence-corrected chi connectivity index (χ0v) is 7.77. The minimum absolute atomic E-state index is 0.0864. The van der Waals surface area contributed by atoms with Crippen LogP contribution < -0.4 is 5.30 Å². The maximum absolute atomic E-state index is 11.0. The first-order valence-electron chi connectivity index (χ1n) is 2.80. The maximum Gasteiger partial charge on any atom is 0.285 e. The van der Waals surface area contributed by atoms with Gasteiger partial charge in [0.1, 0.15) is 5.75 Å². The number of phenolic OH excluding ortho intramolecular Hbond substituents is 1. The number of phenols is 1. The van der Waals surface area contributed by atoms with E-state index in [1.807, 2.05) is 0 Å². The van der Waals surface area contributed by atoms with Gasteiger partial charge >= 0.3 is 0 Å². The highest BCUT2D eigenvalue weighted by Gasteiger charge is 2.20. The molecular weight excluding hydrogens is 206 g/mol. The minimum atomic E-state index is -3.36. The van der Waals surface area contributed by atoms with E-state index < -0.39 is 5.85 Å². The molecule has 0 atom stereocenters. The highest BCUT2D eigenvalue weighted by atomic mass is 35.9. The number of halogens is 2. The van der Waals surface area contributed by atoms with Crippen LogP contribution in [0.25, 0.3) is 0 Å². The Morgan fingerprint density at radius 1 is 1.27 bits per heavy atom. The van der Waals surface area contributed by atoms with Crippen LogP contribution >= 0.6 is 28.3 Å². The van der Waals surface area contributed by atoms with Crippen LogP contribution in [0.15, 0.2) is 24.3 Å². The molecule has 0 radical (unpaired) electrons. The summed E-state index contributed by atoms with van der Waals surface area (Å²) in [6.45, 7) is 0. The van der Waals surface area contributed by atoms with E-state index in [-0.39, 0.29) is 11.1 Å². The molecule has 1 N–H and O–H groups in total. The van der Waals surface area contributed by atoms with Crippen LogP contribution in [0.1, 0.15) is 0 Å². The summed E-state index contributed by atoms with van der Waals surface area (Å²) in [7, 11) is 0. The normalized spacial score (nSPS) is 11.5. The summed E-state index contributed by atoms with van der Waals surface area (Å²) in [5.41, 5.74) is 0. The minimum Gasteiger partial charge on any atom is -0.507 e. The Balaban J connectivity index is 3.25. The molecule has 11 heavy (non-hydrogen) atoms. The Labute approximate surface area is 73.7 Å². The predicted octanol–water partition coefficient (Wildman–Crippen LogP) is 2.69. The molecule has 0 unspecified atom stereocenters. The summed E-state index contributed by atoms with van der Waals surface area (Å²) < 4.78 is 11.0. The number of rotatable bonds is 1. The summed E-state index contributed by atoms with van der Waals surface area (Å²) in [6.07, 6.45) is 0. The molecule has 0 aromatic heterocycles. The zero-order chi connectivity index (χ0) is 8.48. The molecule has 0 saturated carbocycles. The molecule has 1 aromatic carbocycles. The van der Waals surface area contributed by atoms with Gasteiger partial charge in [-0.2, -0.15) is 0 Å². The van der Waals surface area contributed by atoms with E-state index in [4.69, 9.17) is 27.6 Å². The SMILES string of the molecule is O=P(Cl)(Cl)c1ccccc1O. The van der Waals surface area contributed by atoms with Crippen molar-refractivity contribution in [2.75, 3.05) is 0 Å².